The lowest BCUT2D eigenvalue weighted by Gasteiger charge is -2.22. The average molecular weight is 378 g/mol. The summed E-state index contributed by atoms with van der Waals surface area (Å²) in [4.78, 5) is 6.65. The second kappa shape index (κ2) is 8.79. The molecule has 9 heteroatoms. The second-order valence-corrected chi connectivity index (χ2v) is 6.34. The lowest BCUT2D eigenvalue weighted by atomic mass is 10.2. The number of alkyl halides is 2. The molecule has 0 fully saturated rings. The fourth-order valence-electron chi connectivity index (χ4n) is 3.07. The van der Waals surface area contributed by atoms with Crippen molar-refractivity contribution in [1.82, 2.24) is 25.0 Å². The fraction of sp³-hybridized carbons (Fsp3) is 0.500. The topological polar surface area (TPSA) is 67.6 Å². The van der Waals surface area contributed by atoms with Crippen LogP contribution in [0.4, 0.5) is 8.78 Å². The van der Waals surface area contributed by atoms with Crippen molar-refractivity contribution >= 4 is 5.96 Å². The van der Waals surface area contributed by atoms with E-state index in [2.05, 4.69) is 29.8 Å². The van der Waals surface area contributed by atoms with Gasteiger partial charge in [0.15, 0.2) is 11.8 Å². The van der Waals surface area contributed by atoms with Crippen LogP contribution in [0.25, 0.3) is 0 Å². The van der Waals surface area contributed by atoms with Crippen molar-refractivity contribution in [3.05, 3.63) is 41.5 Å². The van der Waals surface area contributed by atoms with Crippen LogP contribution in [-0.2, 0) is 26.1 Å². The molecule has 1 aliphatic rings. The Labute approximate surface area is 157 Å². The molecule has 0 saturated carbocycles. The number of nitrogens with zero attached hydrogens (tertiary/aromatic N) is 5. The number of rotatable bonds is 7. The highest BCUT2D eigenvalue weighted by Gasteiger charge is 2.17. The third kappa shape index (κ3) is 4.93. The van der Waals surface area contributed by atoms with E-state index in [1.807, 2.05) is 18.9 Å². The third-order valence-corrected chi connectivity index (χ3v) is 4.32. The van der Waals surface area contributed by atoms with Gasteiger partial charge in [-0.25, -0.2) is 4.99 Å². The van der Waals surface area contributed by atoms with Crippen molar-refractivity contribution in [3.8, 4) is 5.75 Å². The number of nitrogens with one attached hydrogen (secondary N) is 1. The summed E-state index contributed by atoms with van der Waals surface area (Å²) in [6, 6.07) is 6.62. The fourth-order valence-corrected chi connectivity index (χ4v) is 3.07. The molecule has 7 nitrogen and oxygen atoms in total. The number of guanidine groups is 1. The standard InChI is InChI=1S/C18H24F2N6O/c1-3-21-18(22-11-16-24-23-15-5-4-10-26(15)16)25(2)12-13-6-8-14(9-7-13)27-17(19)20/h6-9,17H,3-5,10-12H2,1-2H3,(H,21,22). The van der Waals surface area contributed by atoms with Crippen LogP contribution in [0.5, 0.6) is 5.75 Å². The first-order valence-corrected chi connectivity index (χ1v) is 9.01. The normalized spacial score (nSPS) is 13.7. The Morgan fingerprint density at radius 2 is 2.11 bits per heavy atom. The first kappa shape index (κ1) is 19.1. The van der Waals surface area contributed by atoms with Crippen LogP contribution in [0.3, 0.4) is 0 Å². The lowest BCUT2D eigenvalue weighted by Crippen LogP contribution is -2.38. The summed E-state index contributed by atoms with van der Waals surface area (Å²) in [5.41, 5.74) is 0.966. The molecule has 0 amide bonds. The molecule has 3 rings (SSSR count). The molecule has 0 atom stereocenters. The van der Waals surface area contributed by atoms with Gasteiger partial charge in [-0.15, -0.1) is 10.2 Å². The number of halogens is 2. The van der Waals surface area contributed by atoms with Crippen LogP contribution in [0, 0.1) is 0 Å². The molecular weight excluding hydrogens is 354 g/mol. The molecule has 146 valence electrons. The third-order valence-electron chi connectivity index (χ3n) is 4.32. The van der Waals surface area contributed by atoms with E-state index < -0.39 is 6.61 Å². The number of aromatic nitrogens is 3. The maximum atomic E-state index is 12.2. The first-order valence-electron chi connectivity index (χ1n) is 9.01. The number of ether oxygens (including phenoxy) is 1. The van der Waals surface area contributed by atoms with Crippen molar-refractivity contribution in [1.29, 1.82) is 0 Å². The minimum absolute atomic E-state index is 0.151. The quantitative estimate of drug-likeness (QED) is 0.592. The van der Waals surface area contributed by atoms with Crippen LogP contribution in [-0.4, -0.2) is 45.8 Å². The second-order valence-electron chi connectivity index (χ2n) is 6.34. The summed E-state index contributed by atoms with van der Waals surface area (Å²) in [6.07, 6.45) is 2.08. The van der Waals surface area contributed by atoms with Gasteiger partial charge < -0.3 is 19.5 Å². The minimum Gasteiger partial charge on any atom is -0.435 e. The van der Waals surface area contributed by atoms with Crippen molar-refractivity contribution in [2.45, 2.75) is 46.0 Å². The Balaban J connectivity index is 1.64. The smallest absolute Gasteiger partial charge is 0.387 e. The molecule has 0 bridgehead atoms. The molecule has 1 aromatic carbocycles. The van der Waals surface area contributed by atoms with Crippen LogP contribution >= 0.6 is 0 Å². The van der Waals surface area contributed by atoms with E-state index in [9.17, 15) is 8.78 Å². The highest BCUT2D eigenvalue weighted by Crippen LogP contribution is 2.16. The molecular formula is C18H24F2N6O. The number of aliphatic imine (C=N–C) groups is 1. The lowest BCUT2D eigenvalue weighted by molar-refractivity contribution is -0.0498. The van der Waals surface area contributed by atoms with Crippen LogP contribution in [0.1, 0.15) is 30.6 Å². The van der Waals surface area contributed by atoms with Gasteiger partial charge in [0.25, 0.3) is 0 Å². The summed E-state index contributed by atoms with van der Waals surface area (Å²) in [5.74, 6) is 2.81. The predicted molar refractivity (Wildman–Crippen MR) is 97.7 cm³/mol. The van der Waals surface area contributed by atoms with Crippen molar-refractivity contribution in [2.75, 3.05) is 13.6 Å². The summed E-state index contributed by atoms with van der Waals surface area (Å²) >= 11 is 0. The Morgan fingerprint density at radius 1 is 1.33 bits per heavy atom. The molecule has 1 N–H and O–H groups in total. The van der Waals surface area contributed by atoms with Gasteiger partial charge in [-0.3, -0.25) is 0 Å². The molecule has 27 heavy (non-hydrogen) atoms. The number of aryl methyl sites for hydroxylation is 1. The zero-order chi connectivity index (χ0) is 19.2. The Bertz CT molecular complexity index is 775. The van der Waals surface area contributed by atoms with E-state index >= 15 is 0 Å². The Morgan fingerprint density at radius 3 is 2.81 bits per heavy atom. The largest absolute Gasteiger partial charge is 0.435 e. The molecule has 1 aliphatic heterocycles. The molecule has 2 aromatic rings. The summed E-state index contributed by atoms with van der Waals surface area (Å²) in [6.45, 7) is 1.92. The monoisotopic (exact) mass is 378 g/mol. The van der Waals surface area contributed by atoms with E-state index in [0.717, 1.165) is 49.1 Å². The SMILES string of the molecule is CCNC(=NCc1nnc2n1CCC2)N(C)Cc1ccc(OC(F)F)cc1. The van der Waals surface area contributed by atoms with Gasteiger partial charge in [0, 0.05) is 33.1 Å². The number of hydrogen-bond donors (Lipinski definition) is 1. The zero-order valence-electron chi connectivity index (χ0n) is 15.5. The average Bonchev–Trinajstić information content (AvgIpc) is 3.24. The van der Waals surface area contributed by atoms with Crippen molar-refractivity contribution in [3.63, 3.8) is 0 Å². The van der Waals surface area contributed by atoms with E-state index in [1.54, 1.807) is 24.3 Å². The van der Waals surface area contributed by atoms with Gasteiger partial charge in [-0.1, -0.05) is 12.1 Å². The molecule has 0 unspecified atom stereocenters. The molecule has 0 saturated heterocycles. The van der Waals surface area contributed by atoms with Crippen LogP contribution < -0.4 is 10.1 Å². The van der Waals surface area contributed by atoms with E-state index in [1.165, 1.54) is 0 Å². The maximum absolute atomic E-state index is 12.2. The first-order chi connectivity index (χ1) is 13.1. The molecule has 0 radical (unpaired) electrons. The molecule has 1 aromatic heterocycles. The van der Waals surface area contributed by atoms with Gasteiger partial charge in [0.2, 0.25) is 0 Å². The summed E-state index contributed by atoms with van der Waals surface area (Å²) in [5, 5.41) is 11.7. The minimum atomic E-state index is -2.82. The maximum Gasteiger partial charge on any atom is 0.387 e. The zero-order valence-corrected chi connectivity index (χ0v) is 15.5. The van der Waals surface area contributed by atoms with E-state index in [0.29, 0.717) is 13.1 Å². The number of benzene rings is 1. The van der Waals surface area contributed by atoms with Crippen molar-refractivity contribution < 1.29 is 13.5 Å². The van der Waals surface area contributed by atoms with Gasteiger partial charge in [0.05, 0.1) is 0 Å². The Hall–Kier alpha value is -2.71. The highest BCUT2D eigenvalue weighted by molar-refractivity contribution is 5.79. The van der Waals surface area contributed by atoms with Crippen LogP contribution in [0.2, 0.25) is 0 Å². The van der Waals surface area contributed by atoms with Crippen LogP contribution in [0.15, 0.2) is 29.3 Å². The van der Waals surface area contributed by atoms with Gasteiger partial charge in [-0.2, -0.15) is 8.78 Å². The van der Waals surface area contributed by atoms with E-state index in [-0.39, 0.29) is 5.75 Å². The molecule has 0 aliphatic carbocycles. The van der Waals surface area contributed by atoms with Gasteiger partial charge >= 0.3 is 6.61 Å². The van der Waals surface area contributed by atoms with Crippen molar-refractivity contribution in [2.24, 2.45) is 4.99 Å². The molecule has 0 spiro atoms. The highest BCUT2D eigenvalue weighted by atomic mass is 19.3. The number of hydrogen-bond acceptors (Lipinski definition) is 4. The predicted octanol–water partition coefficient (Wildman–Crippen LogP) is 2.42. The summed E-state index contributed by atoms with van der Waals surface area (Å²) in [7, 11) is 1.93. The van der Waals surface area contributed by atoms with Gasteiger partial charge in [-0.05, 0) is 31.0 Å². The molecule has 2 heterocycles. The number of fused-ring (bicyclic) bond motifs is 1. The van der Waals surface area contributed by atoms with Gasteiger partial charge in [0.1, 0.15) is 18.1 Å². The van der Waals surface area contributed by atoms with E-state index in [4.69, 9.17) is 0 Å². The summed E-state index contributed by atoms with van der Waals surface area (Å²) < 4.78 is 31.0. The Kier molecular flexibility index (Phi) is 6.20.